The molecule has 0 spiro atoms. The first-order valence-corrected chi connectivity index (χ1v) is 5.67. The van der Waals surface area contributed by atoms with Gasteiger partial charge < -0.3 is 15.0 Å². The number of hydrogen-bond donors (Lipinski definition) is 2. The Labute approximate surface area is 104 Å². The van der Waals surface area contributed by atoms with Crippen LogP contribution in [0.25, 0.3) is 0 Å². The number of rotatable bonds is 6. The Morgan fingerprint density at radius 2 is 2.11 bits per heavy atom. The van der Waals surface area contributed by atoms with Crippen LogP contribution in [0, 0.1) is 0 Å². The summed E-state index contributed by atoms with van der Waals surface area (Å²) in [6.45, 7) is 0.404. The number of aromatic nitrogens is 1. The monoisotopic (exact) mass is 252 g/mol. The first-order chi connectivity index (χ1) is 8.50. The second kappa shape index (κ2) is 6.58. The average molecular weight is 252 g/mol. The highest BCUT2D eigenvalue weighted by Gasteiger charge is 2.06. The molecule has 0 unspecified atom stereocenters. The smallest absolute Gasteiger partial charge is 0.303 e. The number of nitrogens with zero attached hydrogens (tertiary/aromatic N) is 1. The number of amides is 1. The Kier molecular flexibility index (Phi) is 5.10. The third-order valence-electron chi connectivity index (χ3n) is 2.47. The maximum atomic E-state index is 11.6. The molecular formula is C12H16N2O4. The van der Waals surface area contributed by atoms with Gasteiger partial charge in [-0.2, -0.15) is 0 Å². The third kappa shape index (κ3) is 4.40. The van der Waals surface area contributed by atoms with Gasteiger partial charge in [0.15, 0.2) is 0 Å². The van der Waals surface area contributed by atoms with Gasteiger partial charge >= 0.3 is 5.97 Å². The van der Waals surface area contributed by atoms with Gasteiger partial charge in [0.25, 0.3) is 11.5 Å². The van der Waals surface area contributed by atoms with Crippen LogP contribution < -0.4 is 10.9 Å². The van der Waals surface area contributed by atoms with E-state index in [1.54, 1.807) is 13.1 Å². The first-order valence-electron chi connectivity index (χ1n) is 5.67. The van der Waals surface area contributed by atoms with E-state index in [9.17, 15) is 14.4 Å². The summed E-state index contributed by atoms with van der Waals surface area (Å²) < 4.78 is 1.38. The van der Waals surface area contributed by atoms with Crippen molar-refractivity contribution < 1.29 is 14.7 Å². The number of nitrogens with one attached hydrogen (secondary N) is 1. The predicted molar refractivity (Wildman–Crippen MR) is 65.5 cm³/mol. The van der Waals surface area contributed by atoms with Crippen molar-refractivity contribution in [3.63, 3.8) is 0 Å². The number of aryl methyl sites for hydroxylation is 1. The molecule has 1 aromatic rings. The standard InChI is InChI=1S/C12H16N2O4/c1-14-7-5-9(8-10(14)15)12(18)13-6-3-2-4-11(16)17/h5,7-8H,2-4,6H2,1H3,(H,13,18)(H,16,17). The molecule has 0 fully saturated rings. The molecule has 0 aliphatic rings. The van der Waals surface area contributed by atoms with Crippen LogP contribution in [0.1, 0.15) is 29.6 Å². The number of aliphatic carboxylic acids is 1. The lowest BCUT2D eigenvalue weighted by atomic mass is 10.2. The van der Waals surface area contributed by atoms with Crippen molar-refractivity contribution in [2.24, 2.45) is 7.05 Å². The number of carbonyl (C=O) groups excluding carboxylic acids is 1. The maximum Gasteiger partial charge on any atom is 0.303 e. The summed E-state index contributed by atoms with van der Waals surface area (Å²) in [6.07, 6.45) is 2.75. The van der Waals surface area contributed by atoms with Crippen LogP contribution in [0.4, 0.5) is 0 Å². The summed E-state index contributed by atoms with van der Waals surface area (Å²) in [7, 11) is 1.61. The summed E-state index contributed by atoms with van der Waals surface area (Å²) >= 11 is 0. The van der Waals surface area contributed by atoms with Gasteiger partial charge in [-0.3, -0.25) is 14.4 Å². The normalized spacial score (nSPS) is 10.1. The fourth-order valence-electron chi connectivity index (χ4n) is 1.39. The zero-order chi connectivity index (χ0) is 13.5. The fraction of sp³-hybridized carbons (Fsp3) is 0.417. The lowest BCUT2D eigenvalue weighted by Gasteiger charge is -2.05. The van der Waals surface area contributed by atoms with Crippen molar-refractivity contribution in [1.82, 2.24) is 9.88 Å². The van der Waals surface area contributed by atoms with E-state index in [1.165, 1.54) is 16.8 Å². The zero-order valence-corrected chi connectivity index (χ0v) is 10.2. The average Bonchev–Trinajstić information content (AvgIpc) is 2.31. The number of carbonyl (C=O) groups is 2. The van der Waals surface area contributed by atoms with Gasteiger partial charge in [0.05, 0.1) is 0 Å². The molecule has 0 atom stereocenters. The van der Waals surface area contributed by atoms with Crippen LogP contribution in [0.15, 0.2) is 23.1 Å². The van der Waals surface area contributed by atoms with Crippen molar-refractivity contribution in [2.75, 3.05) is 6.54 Å². The summed E-state index contributed by atoms with van der Waals surface area (Å²) in [4.78, 5) is 33.2. The van der Waals surface area contributed by atoms with Crippen molar-refractivity contribution in [1.29, 1.82) is 0 Å². The van der Waals surface area contributed by atoms with Crippen LogP contribution >= 0.6 is 0 Å². The summed E-state index contributed by atoms with van der Waals surface area (Å²) in [6, 6.07) is 2.83. The molecule has 1 rings (SSSR count). The van der Waals surface area contributed by atoms with Crippen LogP contribution in [-0.2, 0) is 11.8 Å². The Balaban J connectivity index is 2.39. The summed E-state index contributed by atoms with van der Waals surface area (Å²) in [5.41, 5.74) is 0.0739. The number of carboxylic acids is 1. The van der Waals surface area contributed by atoms with Crippen LogP contribution in [-0.4, -0.2) is 28.1 Å². The molecule has 0 bridgehead atoms. The molecule has 0 radical (unpaired) electrons. The van der Waals surface area contributed by atoms with Gasteiger partial charge in [-0.25, -0.2) is 0 Å². The van der Waals surface area contributed by atoms with Crippen molar-refractivity contribution >= 4 is 11.9 Å². The molecule has 2 N–H and O–H groups in total. The van der Waals surface area contributed by atoms with E-state index in [4.69, 9.17) is 5.11 Å². The topological polar surface area (TPSA) is 88.4 Å². The van der Waals surface area contributed by atoms with Crippen molar-refractivity contribution in [3.8, 4) is 0 Å². The highest BCUT2D eigenvalue weighted by Crippen LogP contribution is 1.96. The predicted octanol–water partition coefficient (Wildman–Crippen LogP) is 0.370. The van der Waals surface area contributed by atoms with E-state index in [0.29, 0.717) is 24.9 Å². The van der Waals surface area contributed by atoms with Crippen LogP contribution in [0.2, 0.25) is 0 Å². The molecule has 0 aromatic carbocycles. The molecule has 1 amide bonds. The second-order valence-corrected chi connectivity index (χ2v) is 3.97. The zero-order valence-electron chi connectivity index (χ0n) is 10.2. The Bertz CT molecular complexity index is 493. The molecule has 0 saturated heterocycles. The van der Waals surface area contributed by atoms with Crippen molar-refractivity contribution in [2.45, 2.75) is 19.3 Å². The minimum absolute atomic E-state index is 0.0990. The molecule has 1 heterocycles. The first kappa shape index (κ1) is 14.0. The van der Waals surface area contributed by atoms with E-state index < -0.39 is 5.97 Å². The van der Waals surface area contributed by atoms with Crippen LogP contribution in [0.5, 0.6) is 0 Å². The van der Waals surface area contributed by atoms with Gasteiger partial charge in [-0.15, -0.1) is 0 Å². The van der Waals surface area contributed by atoms with Crippen LogP contribution in [0.3, 0.4) is 0 Å². The SMILES string of the molecule is Cn1ccc(C(=O)NCCCCC(=O)O)cc1=O. The van der Waals surface area contributed by atoms with E-state index in [0.717, 1.165) is 0 Å². The molecular weight excluding hydrogens is 236 g/mol. The molecule has 0 aliphatic carbocycles. The van der Waals surface area contributed by atoms with Gasteiger partial charge in [0.2, 0.25) is 0 Å². The van der Waals surface area contributed by atoms with E-state index in [2.05, 4.69) is 5.32 Å². The maximum absolute atomic E-state index is 11.6. The molecule has 0 aliphatic heterocycles. The number of hydrogen-bond acceptors (Lipinski definition) is 3. The van der Waals surface area contributed by atoms with Gasteiger partial charge in [0.1, 0.15) is 0 Å². The number of carboxylic acid groups (broad SMARTS) is 1. The fourth-order valence-corrected chi connectivity index (χ4v) is 1.39. The Morgan fingerprint density at radius 1 is 1.39 bits per heavy atom. The molecule has 18 heavy (non-hydrogen) atoms. The number of pyridine rings is 1. The third-order valence-corrected chi connectivity index (χ3v) is 2.47. The van der Waals surface area contributed by atoms with Crippen molar-refractivity contribution in [3.05, 3.63) is 34.2 Å². The van der Waals surface area contributed by atoms with E-state index in [-0.39, 0.29) is 17.9 Å². The quantitative estimate of drug-likeness (QED) is 0.716. The molecule has 98 valence electrons. The molecule has 1 aromatic heterocycles. The molecule has 6 heteroatoms. The minimum atomic E-state index is -0.840. The Hall–Kier alpha value is -2.11. The minimum Gasteiger partial charge on any atom is -0.481 e. The molecule has 0 saturated carbocycles. The summed E-state index contributed by atoms with van der Waals surface area (Å²) in [5.74, 6) is -1.16. The largest absolute Gasteiger partial charge is 0.481 e. The lowest BCUT2D eigenvalue weighted by Crippen LogP contribution is -2.27. The summed E-state index contributed by atoms with van der Waals surface area (Å²) in [5, 5.41) is 11.1. The number of unbranched alkanes of at least 4 members (excludes halogenated alkanes) is 1. The second-order valence-electron chi connectivity index (χ2n) is 3.97. The molecule has 6 nitrogen and oxygen atoms in total. The Morgan fingerprint density at radius 3 is 2.72 bits per heavy atom. The highest BCUT2D eigenvalue weighted by atomic mass is 16.4. The highest BCUT2D eigenvalue weighted by molar-refractivity contribution is 5.93. The van der Waals surface area contributed by atoms with E-state index in [1.807, 2.05) is 0 Å². The van der Waals surface area contributed by atoms with Gasteiger partial charge in [-0.1, -0.05) is 0 Å². The lowest BCUT2D eigenvalue weighted by molar-refractivity contribution is -0.137. The van der Waals surface area contributed by atoms with Gasteiger partial charge in [-0.05, 0) is 18.9 Å². The van der Waals surface area contributed by atoms with Gasteiger partial charge in [0, 0.05) is 37.8 Å². The van der Waals surface area contributed by atoms with E-state index >= 15 is 0 Å².